The minimum Gasteiger partial charge on any atom is -0.207 e. The summed E-state index contributed by atoms with van der Waals surface area (Å²) < 4.78 is 130. The monoisotopic (exact) mass is 1750 g/mol. The van der Waals surface area contributed by atoms with Gasteiger partial charge in [-0.05, 0) is 290 Å². The summed E-state index contributed by atoms with van der Waals surface area (Å²) in [7, 11) is 0. The standard InChI is InChI=1S/7C7H6BrF.3C7H6ClF/c1-5-4-6(9)2-3-7(5)8;1-5-4-6(8)2-3-7(5)9;1-5-2-3-6(9)4-7(5)8;1-5-2-3-6(8)4-7(5)9;1-5-6(8)3-2-4-7(5)9;1-5-3-2-4-6(9)7(5)8;1-5-3-2-4-6(8)7(5)9;1-5-2-6(8)4-7(9)3-5;1-5-4-6(9)2-3-7(5)8;1-5-2-3-7(9)6(8)4-5/h10*2-4H,1H3. The first-order valence-electron chi connectivity index (χ1n) is 26.2. The van der Waals surface area contributed by atoms with E-state index in [-0.39, 0.29) is 63.2 Å². The topological polar surface area (TPSA) is 0 Å². The van der Waals surface area contributed by atoms with Crippen LogP contribution in [0.1, 0.15) is 55.6 Å². The highest BCUT2D eigenvalue weighted by atomic mass is 79.9. The lowest BCUT2D eigenvalue weighted by atomic mass is 10.2. The van der Waals surface area contributed by atoms with Crippen LogP contribution in [0.3, 0.4) is 0 Å². The van der Waals surface area contributed by atoms with Crippen molar-refractivity contribution >= 4 is 146 Å². The van der Waals surface area contributed by atoms with Crippen LogP contribution < -0.4 is 0 Å². The lowest BCUT2D eigenvalue weighted by Gasteiger charge is -1.95. The van der Waals surface area contributed by atoms with Gasteiger partial charge in [0.05, 0.1) is 14.0 Å². The van der Waals surface area contributed by atoms with Crippen LogP contribution in [0.5, 0.6) is 0 Å². The van der Waals surface area contributed by atoms with Gasteiger partial charge in [-0.25, -0.2) is 43.9 Å². The smallest absolute Gasteiger partial charge is 0.141 e. The lowest BCUT2D eigenvalue weighted by Crippen LogP contribution is -1.80. The minimum atomic E-state index is -0.359. The normalized spacial score (nSPS) is 9.67. The Labute approximate surface area is 595 Å². The van der Waals surface area contributed by atoms with Crippen molar-refractivity contribution in [3.8, 4) is 0 Å². The molecule has 0 heterocycles. The third kappa shape index (κ3) is 35.1. The molecule has 0 amide bonds. The maximum Gasteiger partial charge on any atom is 0.141 e. The SMILES string of the molecule is Cc1c(F)cccc1Br.Cc1cc(Br)ccc1F.Cc1cc(F)cc(Cl)c1.Cc1cc(F)ccc1Br.Cc1cc(F)ccc1Cl.Cc1ccc(Br)cc1F.Cc1ccc(F)c(Cl)c1.Cc1ccc(F)cc1Br.Cc1cccc(Br)c1F.Cc1cccc(F)c1Br. The molecular formula is C70H60Br7Cl3F10. The van der Waals surface area contributed by atoms with Crippen molar-refractivity contribution < 1.29 is 43.9 Å². The van der Waals surface area contributed by atoms with Crippen LogP contribution >= 0.6 is 146 Å². The number of benzene rings is 10. The number of hydrogen-bond acceptors (Lipinski definition) is 0. The molecule has 0 saturated heterocycles. The molecule has 0 fully saturated rings. The number of aryl methyl sites for hydroxylation is 9. The van der Waals surface area contributed by atoms with Gasteiger partial charge in [0, 0.05) is 32.4 Å². The Morgan fingerprint density at radius 1 is 0.267 bits per heavy atom. The largest absolute Gasteiger partial charge is 0.207 e. The summed E-state index contributed by atoms with van der Waals surface area (Å²) in [6, 6.07) is 47.6. The maximum atomic E-state index is 12.7. The lowest BCUT2D eigenvalue weighted by molar-refractivity contribution is 0.612. The first kappa shape index (κ1) is 83.7. The van der Waals surface area contributed by atoms with Gasteiger partial charge in [0.2, 0.25) is 0 Å². The van der Waals surface area contributed by atoms with Gasteiger partial charge in [0.15, 0.2) is 0 Å². The van der Waals surface area contributed by atoms with Gasteiger partial charge in [-0.1, -0.05) is 163 Å². The van der Waals surface area contributed by atoms with E-state index in [0.717, 1.165) is 55.7 Å². The molecule has 0 nitrogen and oxygen atoms in total. The zero-order valence-corrected chi connectivity index (χ0v) is 63.2. The third-order valence-corrected chi connectivity index (χ3v) is 17.3. The summed E-state index contributed by atoms with van der Waals surface area (Å²) in [4.78, 5) is 0. The van der Waals surface area contributed by atoms with Gasteiger partial charge < -0.3 is 0 Å². The summed E-state index contributed by atoms with van der Waals surface area (Å²) in [5.41, 5.74) is 8.18. The van der Waals surface area contributed by atoms with Crippen molar-refractivity contribution in [3.05, 3.63) is 342 Å². The molecular weight excluding hydrogens is 1700 g/mol. The number of hydrogen-bond donors (Lipinski definition) is 0. The van der Waals surface area contributed by atoms with Crippen molar-refractivity contribution in [3.63, 3.8) is 0 Å². The molecule has 0 aliphatic rings. The van der Waals surface area contributed by atoms with E-state index in [1.165, 1.54) is 78.9 Å². The summed E-state index contributed by atoms with van der Waals surface area (Å²) in [5.74, 6) is -2.11. The quantitative estimate of drug-likeness (QED) is 0.133. The Bertz CT molecular complexity index is 3240. The first-order valence-corrected chi connectivity index (χ1v) is 32.9. The van der Waals surface area contributed by atoms with Gasteiger partial charge >= 0.3 is 0 Å². The van der Waals surface area contributed by atoms with Crippen LogP contribution in [-0.2, 0) is 0 Å². The van der Waals surface area contributed by atoms with E-state index in [1.807, 2.05) is 52.0 Å². The van der Waals surface area contributed by atoms with Crippen LogP contribution in [0.4, 0.5) is 43.9 Å². The second kappa shape index (κ2) is 44.4. The van der Waals surface area contributed by atoms with Crippen LogP contribution in [0.25, 0.3) is 0 Å². The van der Waals surface area contributed by atoms with Crippen molar-refractivity contribution in [2.24, 2.45) is 0 Å². The molecule has 0 saturated carbocycles. The Morgan fingerprint density at radius 3 is 1.21 bits per heavy atom. The summed E-state index contributed by atoms with van der Waals surface area (Å²) in [5, 5.41) is 1.25. The van der Waals surface area contributed by atoms with Crippen molar-refractivity contribution in [1.29, 1.82) is 0 Å². The fourth-order valence-electron chi connectivity index (χ4n) is 6.06. The Kier molecular flexibility index (Phi) is 41.3. The predicted molar refractivity (Wildman–Crippen MR) is 380 cm³/mol. The Balaban J connectivity index is 0.000000500. The molecule has 0 bridgehead atoms. The van der Waals surface area contributed by atoms with Crippen LogP contribution in [0.15, 0.2) is 213 Å². The minimum absolute atomic E-state index is 0.154. The maximum absolute atomic E-state index is 12.7. The average molecular weight is 1760 g/mol. The Morgan fingerprint density at radius 2 is 0.778 bits per heavy atom. The van der Waals surface area contributed by atoms with Crippen molar-refractivity contribution in [2.75, 3.05) is 0 Å². The van der Waals surface area contributed by atoms with E-state index in [0.29, 0.717) is 41.2 Å². The molecule has 0 radical (unpaired) electrons. The van der Waals surface area contributed by atoms with Gasteiger partial charge in [0.1, 0.15) is 58.2 Å². The molecule has 20 heteroatoms. The van der Waals surface area contributed by atoms with Gasteiger partial charge in [-0.15, -0.1) is 0 Å². The van der Waals surface area contributed by atoms with E-state index in [9.17, 15) is 43.9 Å². The Hall–Kier alpha value is -4.27. The second-order valence-electron chi connectivity index (χ2n) is 18.9. The zero-order chi connectivity index (χ0) is 68.5. The first-order chi connectivity index (χ1) is 42.0. The summed E-state index contributed by atoms with van der Waals surface area (Å²) in [6.07, 6.45) is 0. The summed E-state index contributed by atoms with van der Waals surface area (Å²) in [6.45, 7) is 18.0. The van der Waals surface area contributed by atoms with Crippen LogP contribution in [-0.4, -0.2) is 0 Å². The van der Waals surface area contributed by atoms with E-state index in [2.05, 4.69) is 112 Å². The molecule has 0 unspecified atom stereocenters. The van der Waals surface area contributed by atoms with Crippen molar-refractivity contribution in [1.82, 2.24) is 0 Å². The number of halogens is 20. The molecule has 0 aromatic heterocycles. The van der Waals surface area contributed by atoms with E-state index >= 15 is 0 Å². The van der Waals surface area contributed by atoms with E-state index < -0.39 is 0 Å². The molecule has 10 rings (SSSR count). The second-order valence-corrected chi connectivity index (χ2v) is 26.2. The van der Waals surface area contributed by atoms with Gasteiger partial charge in [-0.2, -0.15) is 0 Å². The predicted octanol–water partition coefficient (Wildman–Crippen LogP) is 28.6. The van der Waals surface area contributed by atoms with Crippen LogP contribution in [0, 0.1) is 127 Å². The van der Waals surface area contributed by atoms with E-state index in [4.69, 9.17) is 34.8 Å². The fraction of sp³-hybridized carbons (Fsp3) is 0.143. The fourth-order valence-corrected chi connectivity index (χ4v) is 9.16. The molecule has 0 atom stereocenters. The van der Waals surface area contributed by atoms with Gasteiger partial charge in [0.25, 0.3) is 0 Å². The molecule has 10 aromatic carbocycles. The highest BCUT2D eigenvalue weighted by Gasteiger charge is 2.02. The molecule has 480 valence electrons. The highest BCUT2D eigenvalue weighted by Crippen LogP contribution is 2.23. The molecule has 0 N–H and O–H groups in total. The molecule has 0 aliphatic carbocycles. The number of rotatable bonds is 0. The molecule has 0 aliphatic heterocycles. The molecule has 90 heavy (non-hydrogen) atoms. The zero-order valence-electron chi connectivity index (χ0n) is 49.9. The van der Waals surface area contributed by atoms with Gasteiger partial charge in [-0.3, -0.25) is 0 Å². The molecule has 10 aromatic rings. The van der Waals surface area contributed by atoms with Crippen LogP contribution in [0.2, 0.25) is 15.1 Å². The average Bonchev–Trinajstić information content (AvgIpc) is 3.50. The van der Waals surface area contributed by atoms with E-state index in [1.54, 1.807) is 120 Å². The van der Waals surface area contributed by atoms with Crippen molar-refractivity contribution in [2.45, 2.75) is 69.2 Å². The molecule has 0 spiro atoms. The summed E-state index contributed by atoms with van der Waals surface area (Å²) >= 11 is 38.8. The highest BCUT2D eigenvalue weighted by molar-refractivity contribution is 9.11. The third-order valence-electron chi connectivity index (χ3n) is 11.2.